The second-order valence-corrected chi connectivity index (χ2v) is 6.19. The quantitative estimate of drug-likeness (QED) is 0.893. The third-order valence-corrected chi connectivity index (χ3v) is 4.13. The molecule has 26 heavy (non-hydrogen) atoms. The number of rotatable bonds is 4. The lowest BCUT2D eigenvalue weighted by Crippen LogP contribution is -2.41. The first-order valence-electron chi connectivity index (χ1n) is 8.35. The van der Waals surface area contributed by atoms with E-state index in [0.717, 1.165) is 0 Å². The molecule has 0 radical (unpaired) electrons. The van der Waals surface area contributed by atoms with Gasteiger partial charge in [-0.05, 0) is 24.6 Å². The lowest BCUT2D eigenvalue weighted by Gasteiger charge is -2.22. The Morgan fingerprint density at radius 3 is 2.96 bits per heavy atom. The molecule has 1 atom stereocenters. The first-order valence-corrected chi connectivity index (χ1v) is 8.35. The summed E-state index contributed by atoms with van der Waals surface area (Å²) in [5.41, 5.74) is 0.877. The van der Waals surface area contributed by atoms with Gasteiger partial charge in [-0.1, -0.05) is 17.3 Å². The number of amides is 2. The number of nitrogens with one attached hydrogen (secondary N) is 1. The van der Waals surface area contributed by atoms with Crippen molar-refractivity contribution in [1.82, 2.24) is 15.4 Å². The summed E-state index contributed by atoms with van der Waals surface area (Å²) in [6.45, 7) is 3.08. The number of hydrogen-bond acceptors (Lipinski definition) is 5. The van der Waals surface area contributed by atoms with Crippen molar-refractivity contribution in [2.45, 2.75) is 13.5 Å². The van der Waals surface area contributed by atoms with Crippen molar-refractivity contribution < 1.29 is 23.2 Å². The molecule has 2 heterocycles. The van der Waals surface area contributed by atoms with Gasteiger partial charge in [0.05, 0.1) is 19.1 Å². The van der Waals surface area contributed by atoms with E-state index in [1.54, 1.807) is 25.1 Å². The Kier molecular flexibility index (Phi) is 5.62. The van der Waals surface area contributed by atoms with Crippen LogP contribution in [0.5, 0.6) is 0 Å². The fourth-order valence-electron chi connectivity index (χ4n) is 2.76. The molecule has 138 valence electrons. The lowest BCUT2D eigenvalue weighted by molar-refractivity contribution is -0.126. The molecule has 1 unspecified atom stereocenters. The van der Waals surface area contributed by atoms with Crippen LogP contribution in [0.15, 0.2) is 34.9 Å². The number of halogens is 1. The van der Waals surface area contributed by atoms with Crippen molar-refractivity contribution in [2.24, 2.45) is 5.92 Å². The van der Waals surface area contributed by atoms with Crippen molar-refractivity contribution >= 4 is 11.8 Å². The maximum atomic E-state index is 13.2. The SMILES string of the molecule is Cc1cc(C(=O)N2CCOCC(C(=O)NCc3cccc(F)c3)C2)no1. The van der Waals surface area contributed by atoms with Gasteiger partial charge >= 0.3 is 0 Å². The highest BCUT2D eigenvalue weighted by Crippen LogP contribution is 2.13. The molecule has 1 N–H and O–H groups in total. The van der Waals surface area contributed by atoms with Crippen LogP contribution in [-0.4, -0.2) is 48.2 Å². The highest BCUT2D eigenvalue weighted by Gasteiger charge is 2.29. The van der Waals surface area contributed by atoms with Crippen molar-refractivity contribution in [2.75, 3.05) is 26.3 Å². The van der Waals surface area contributed by atoms with Gasteiger partial charge in [0.1, 0.15) is 11.6 Å². The molecule has 3 rings (SSSR count). The fraction of sp³-hybridized carbons (Fsp3) is 0.389. The van der Waals surface area contributed by atoms with Crippen molar-refractivity contribution in [3.8, 4) is 0 Å². The van der Waals surface area contributed by atoms with Crippen LogP contribution in [0, 0.1) is 18.7 Å². The Bertz CT molecular complexity index is 792. The predicted molar refractivity (Wildman–Crippen MR) is 89.7 cm³/mol. The number of benzene rings is 1. The summed E-state index contributed by atoms with van der Waals surface area (Å²) in [4.78, 5) is 26.5. The number of nitrogens with zero attached hydrogens (tertiary/aromatic N) is 2. The van der Waals surface area contributed by atoms with Crippen LogP contribution in [0.4, 0.5) is 4.39 Å². The molecule has 0 bridgehead atoms. The molecule has 1 aromatic heterocycles. The summed E-state index contributed by atoms with van der Waals surface area (Å²) in [5, 5.41) is 6.50. The molecule has 1 aliphatic heterocycles. The van der Waals surface area contributed by atoms with Gasteiger partial charge in [0.25, 0.3) is 5.91 Å². The third-order valence-electron chi connectivity index (χ3n) is 4.13. The standard InChI is InChI=1S/C18H20FN3O4/c1-12-7-16(21-26-12)18(24)22-5-6-25-11-14(10-22)17(23)20-9-13-3-2-4-15(19)8-13/h2-4,7-8,14H,5-6,9-11H2,1H3,(H,20,23). The van der Waals surface area contributed by atoms with E-state index in [9.17, 15) is 14.0 Å². The molecule has 1 aliphatic rings. The largest absolute Gasteiger partial charge is 0.379 e. The third kappa shape index (κ3) is 4.45. The number of carbonyl (C=O) groups excluding carboxylic acids is 2. The average Bonchev–Trinajstić information content (AvgIpc) is 2.91. The molecule has 2 amide bonds. The van der Waals surface area contributed by atoms with Gasteiger partial charge in [0.2, 0.25) is 5.91 Å². The highest BCUT2D eigenvalue weighted by atomic mass is 19.1. The topological polar surface area (TPSA) is 84.7 Å². The Labute approximate surface area is 150 Å². The van der Waals surface area contributed by atoms with Crippen molar-refractivity contribution in [3.63, 3.8) is 0 Å². The number of carbonyl (C=O) groups is 2. The Balaban J connectivity index is 1.61. The molecule has 0 spiro atoms. The van der Waals surface area contributed by atoms with Crippen LogP contribution in [0.2, 0.25) is 0 Å². The molecule has 1 saturated heterocycles. The van der Waals surface area contributed by atoms with Gasteiger partial charge in [-0.15, -0.1) is 0 Å². The summed E-state index contributed by atoms with van der Waals surface area (Å²) >= 11 is 0. The maximum Gasteiger partial charge on any atom is 0.276 e. The Hall–Kier alpha value is -2.74. The zero-order chi connectivity index (χ0) is 18.5. The smallest absolute Gasteiger partial charge is 0.276 e. The zero-order valence-electron chi connectivity index (χ0n) is 14.4. The highest BCUT2D eigenvalue weighted by molar-refractivity contribution is 5.92. The molecular weight excluding hydrogens is 341 g/mol. The maximum absolute atomic E-state index is 13.2. The predicted octanol–water partition coefficient (Wildman–Crippen LogP) is 1.53. The van der Waals surface area contributed by atoms with Gasteiger partial charge in [0, 0.05) is 25.7 Å². The monoisotopic (exact) mass is 361 g/mol. The van der Waals surface area contributed by atoms with Crippen LogP contribution < -0.4 is 5.32 Å². The van der Waals surface area contributed by atoms with E-state index >= 15 is 0 Å². The van der Waals surface area contributed by atoms with E-state index < -0.39 is 5.92 Å². The molecule has 7 nitrogen and oxygen atoms in total. The second kappa shape index (κ2) is 8.09. The summed E-state index contributed by atoms with van der Waals surface area (Å²) in [5.74, 6) is -0.860. The Morgan fingerprint density at radius 1 is 1.38 bits per heavy atom. The van der Waals surface area contributed by atoms with Gasteiger partial charge in [0.15, 0.2) is 5.69 Å². The normalized spacial score (nSPS) is 17.6. The fourth-order valence-corrected chi connectivity index (χ4v) is 2.76. The minimum Gasteiger partial charge on any atom is -0.379 e. The average molecular weight is 361 g/mol. The molecule has 8 heteroatoms. The van der Waals surface area contributed by atoms with E-state index in [-0.39, 0.29) is 43.0 Å². The molecule has 0 saturated carbocycles. The second-order valence-electron chi connectivity index (χ2n) is 6.19. The van der Waals surface area contributed by atoms with Crippen molar-refractivity contribution in [1.29, 1.82) is 0 Å². The summed E-state index contributed by atoms with van der Waals surface area (Å²) in [7, 11) is 0. The zero-order valence-corrected chi connectivity index (χ0v) is 14.4. The molecule has 0 aliphatic carbocycles. The number of ether oxygens (including phenoxy) is 1. The van der Waals surface area contributed by atoms with Crippen LogP contribution in [0.3, 0.4) is 0 Å². The number of hydrogen-bond donors (Lipinski definition) is 1. The number of aromatic nitrogens is 1. The van der Waals surface area contributed by atoms with E-state index in [0.29, 0.717) is 24.5 Å². The number of aryl methyl sites for hydroxylation is 1. The van der Waals surface area contributed by atoms with Crippen LogP contribution in [0.1, 0.15) is 21.8 Å². The van der Waals surface area contributed by atoms with Crippen LogP contribution >= 0.6 is 0 Å². The Morgan fingerprint density at radius 2 is 2.23 bits per heavy atom. The van der Waals surface area contributed by atoms with Gasteiger partial charge in [-0.3, -0.25) is 9.59 Å². The summed E-state index contributed by atoms with van der Waals surface area (Å²) in [6.07, 6.45) is 0. The summed E-state index contributed by atoms with van der Waals surface area (Å²) < 4.78 is 23.6. The molecule has 2 aromatic rings. The van der Waals surface area contributed by atoms with Crippen LogP contribution in [0.25, 0.3) is 0 Å². The van der Waals surface area contributed by atoms with Crippen molar-refractivity contribution in [3.05, 3.63) is 53.2 Å². The van der Waals surface area contributed by atoms with E-state index in [1.807, 2.05) is 0 Å². The van der Waals surface area contributed by atoms with Gasteiger partial charge < -0.3 is 19.5 Å². The van der Waals surface area contributed by atoms with Gasteiger partial charge in [-0.2, -0.15) is 0 Å². The molecular formula is C18H20FN3O4. The lowest BCUT2D eigenvalue weighted by atomic mass is 10.1. The first kappa shape index (κ1) is 18.1. The van der Waals surface area contributed by atoms with Crippen LogP contribution in [-0.2, 0) is 16.1 Å². The minimum absolute atomic E-state index is 0.211. The van der Waals surface area contributed by atoms with E-state index in [2.05, 4.69) is 10.5 Å². The summed E-state index contributed by atoms with van der Waals surface area (Å²) in [6, 6.07) is 7.60. The van der Waals surface area contributed by atoms with E-state index in [4.69, 9.17) is 9.26 Å². The van der Waals surface area contributed by atoms with Gasteiger partial charge in [-0.25, -0.2) is 4.39 Å². The van der Waals surface area contributed by atoms with E-state index in [1.165, 1.54) is 17.0 Å². The first-order chi connectivity index (χ1) is 12.5. The minimum atomic E-state index is -0.511. The molecule has 1 aromatic carbocycles. The molecule has 1 fully saturated rings.